The quantitative estimate of drug-likeness (QED) is 0.837. The molecule has 0 spiro atoms. The van der Waals surface area contributed by atoms with Gasteiger partial charge in [0, 0.05) is 5.56 Å². The average Bonchev–Trinajstić information content (AvgIpc) is 2.68. The molecule has 2 aromatic rings. The molecule has 0 aliphatic carbocycles. The zero-order valence-corrected chi connectivity index (χ0v) is 14.1. The van der Waals surface area contributed by atoms with Crippen LogP contribution in [-0.2, 0) is 14.2 Å². The van der Waals surface area contributed by atoms with Crippen molar-refractivity contribution >= 4 is 0 Å². The molecule has 4 rings (SSSR count). The Kier molecular flexibility index (Phi) is 4.70. The molecule has 2 fully saturated rings. The number of halogens is 1. The van der Waals surface area contributed by atoms with Gasteiger partial charge in [0.25, 0.3) is 0 Å². The van der Waals surface area contributed by atoms with Crippen LogP contribution < -0.4 is 4.74 Å². The van der Waals surface area contributed by atoms with Crippen molar-refractivity contribution in [2.75, 3.05) is 13.7 Å². The van der Waals surface area contributed by atoms with Gasteiger partial charge in [0.2, 0.25) is 0 Å². The summed E-state index contributed by atoms with van der Waals surface area (Å²) in [4.78, 5) is 0. The zero-order chi connectivity index (χ0) is 17.2. The Labute approximate surface area is 146 Å². The lowest BCUT2D eigenvalue weighted by Gasteiger charge is -2.42. The third kappa shape index (κ3) is 3.54. The third-order valence-corrected chi connectivity index (χ3v) is 4.81. The normalized spacial score (nSPS) is 29.0. The largest absolute Gasteiger partial charge is 0.497 e. The molecule has 2 aliphatic heterocycles. The van der Waals surface area contributed by atoms with Crippen molar-refractivity contribution in [2.45, 2.75) is 37.4 Å². The van der Waals surface area contributed by atoms with E-state index < -0.39 is 0 Å². The molecule has 0 radical (unpaired) electrons. The molecule has 0 N–H and O–H groups in total. The van der Waals surface area contributed by atoms with Crippen LogP contribution in [0.2, 0.25) is 0 Å². The Morgan fingerprint density at radius 3 is 2.32 bits per heavy atom. The summed E-state index contributed by atoms with van der Waals surface area (Å²) in [6, 6.07) is 14.2. The van der Waals surface area contributed by atoms with Crippen molar-refractivity contribution in [1.29, 1.82) is 0 Å². The Hall–Kier alpha value is -1.95. The molecule has 0 amide bonds. The SMILES string of the molecule is COc1ccc(C2OC[C@H]3O[C@@H](c4ccc(F)cc4)CC[C@@H]3O2)cc1. The van der Waals surface area contributed by atoms with E-state index in [0.717, 1.165) is 29.7 Å². The summed E-state index contributed by atoms with van der Waals surface area (Å²) in [6.07, 6.45) is 1.24. The summed E-state index contributed by atoms with van der Waals surface area (Å²) in [5.41, 5.74) is 1.97. The van der Waals surface area contributed by atoms with E-state index in [1.165, 1.54) is 12.1 Å². The first-order chi connectivity index (χ1) is 12.2. The van der Waals surface area contributed by atoms with E-state index >= 15 is 0 Å². The lowest BCUT2D eigenvalue weighted by molar-refractivity contribution is -0.289. The summed E-state index contributed by atoms with van der Waals surface area (Å²) in [5.74, 6) is 0.574. The Balaban J connectivity index is 1.40. The smallest absolute Gasteiger partial charge is 0.184 e. The summed E-state index contributed by atoms with van der Waals surface area (Å²) in [6.45, 7) is 0.485. The number of benzene rings is 2. The minimum Gasteiger partial charge on any atom is -0.497 e. The molecule has 4 nitrogen and oxygen atoms in total. The molecular weight excluding hydrogens is 323 g/mol. The van der Waals surface area contributed by atoms with Crippen molar-refractivity contribution in [3.63, 3.8) is 0 Å². The highest BCUT2D eigenvalue weighted by Crippen LogP contribution is 2.38. The molecule has 2 aromatic carbocycles. The predicted molar refractivity (Wildman–Crippen MR) is 89.8 cm³/mol. The van der Waals surface area contributed by atoms with Gasteiger partial charge in [-0.2, -0.15) is 0 Å². The fourth-order valence-corrected chi connectivity index (χ4v) is 3.41. The fourth-order valence-electron chi connectivity index (χ4n) is 3.41. The van der Waals surface area contributed by atoms with Crippen LogP contribution in [0.4, 0.5) is 4.39 Å². The van der Waals surface area contributed by atoms with Crippen LogP contribution in [0.25, 0.3) is 0 Å². The Bertz CT molecular complexity index is 701. The van der Waals surface area contributed by atoms with Gasteiger partial charge in [-0.15, -0.1) is 0 Å². The molecule has 2 heterocycles. The van der Waals surface area contributed by atoms with Crippen molar-refractivity contribution in [1.82, 2.24) is 0 Å². The molecule has 132 valence electrons. The van der Waals surface area contributed by atoms with Crippen LogP contribution in [0.5, 0.6) is 5.75 Å². The molecule has 0 aromatic heterocycles. The topological polar surface area (TPSA) is 36.9 Å². The maximum atomic E-state index is 13.1. The van der Waals surface area contributed by atoms with E-state index in [9.17, 15) is 4.39 Å². The zero-order valence-electron chi connectivity index (χ0n) is 14.1. The van der Waals surface area contributed by atoms with Crippen LogP contribution in [0, 0.1) is 5.82 Å². The van der Waals surface area contributed by atoms with Crippen LogP contribution in [0.3, 0.4) is 0 Å². The fraction of sp³-hybridized carbons (Fsp3) is 0.400. The second-order valence-electron chi connectivity index (χ2n) is 6.41. The molecule has 5 heteroatoms. The van der Waals surface area contributed by atoms with Crippen LogP contribution >= 0.6 is 0 Å². The van der Waals surface area contributed by atoms with Gasteiger partial charge in [0.05, 0.1) is 25.9 Å². The lowest BCUT2D eigenvalue weighted by atomic mass is 9.96. The van der Waals surface area contributed by atoms with Gasteiger partial charge in [-0.1, -0.05) is 24.3 Å². The van der Waals surface area contributed by atoms with E-state index in [0.29, 0.717) is 6.61 Å². The van der Waals surface area contributed by atoms with E-state index in [1.807, 2.05) is 24.3 Å². The Morgan fingerprint density at radius 2 is 1.60 bits per heavy atom. The highest BCUT2D eigenvalue weighted by molar-refractivity contribution is 5.28. The van der Waals surface area contributed by atoms with Crippen molar-refractivity contribution in [3.05, 3.63) is 65.5 Å². The summed E-state index contributed by atoms with van der Waals surface area (Å²) in [5, 5.41) is 0. The highest BCUT2D eigenvalue weighted by atomic mass is 19.1. The van der Waals surface area contributed by atoms with Gasteiger partial charge in [0.15, 0.2) is 6.29 Å². The standard InChI is InChI=1S/C20H21FO4/c1-22-16-8-4-14(5-9-16)20-23-12-19-18(25-20)11-10-17(24-19)13-2-6-15(21)7-3-13/h2-9,17-20H,10-12H2,1H3/t17-,18+,19-,20?/m1/s1. The molecule has 0 bridgehead atoms. The molecule has 25 heavy (non-hydrogen) atoms. The number of hydrogen-bond donors (Lipinski definition) is 0. The molecule has 4 atom stereocenters. The van der Waals surface area contributed by atoms with Crippen LogP contribution in [-0.4, -0.2) is 25.9 Å². The van der Waals surface area contributed by atoms with Gasteiger partial charge in [-0.05, 0) is 42.7 Å². The summed E-state index contributed by atoms with van der Waals surface area (Å²) in [7, 11) is 1.64. The number of fused-ring (bicyclic) bond motifs is 1. The first-order valence-electron chi connectivity index (χ1n) is 8.55. The molecule has 2 aliphatic rings. The van der Waals surface area contributed by atoms with E-state index in [2.05, 4.69) is 0 Å². The first kappa shape index (κ1) is 16.5. The minimum absolute atomic E-state index is 0.0116. The predicted octanol–water partition coefficient (Wildman–Crippen LogP) is 4.17. The maximum absolute atomic E-state index is 13.1. The lowest BCUT2D eigenvalue weighted by Crippen LogP contribution is -2.45. The van der Waals surface area contributed by atoms with E-state index in [-0.39, 0.29) is 30.4 Å². The Morgan fingerprint density at radius 1 is 0.880 bits per heavy atom. The van der Waals surface area contributed by atoms with Crippen molar-refractivity contribution in [2.24, 2.45) is 0 Å². The molecular formula is C20H21FO4. The second-order valence-corrected chi connectivity index (χ2v) is 6.41. The number of ether oxygens (including phenoxy) is 4. The van der Waals surface area contributed by atoms with Gasteiger partial charge >= 0.3 is 0 Å². The number of methoxy groups -OCH3 is 1. The van der Waals surface area contributed by atoms with Gasteiger partial charge in [-0.3, -0.25) is 0 Å². The second kappa shape index (κ2) is 7.12. The van der Waals surface area contributed by atoms with Crippen molar-refractivity contribution in [3.8, 4) is 5.75 Å². The van der Waals surface area contributed by atoms with Gasteiger partial charge in [0.1, 0.15) is 17.7 Å². The van der Waals surface area contributed by atoms with Crippen LogP contribution in [0.1, 0.15) is 36.4 Å². The van der Waals surface area contributed by atoms with Gasteiger partial charge in [-0.25, -0.2) is 4.39 Å². The van der Waals surface area contributed by atoms with Crippen molar-refractivity contribution < 1.29 is 23.3 Å². The van der Waals surface area contributed by atoms with Gasteiger partial charge < -0.3 is 18.9 Å². The molecule has 0 saturated carbocycles. The number of hydrogen-bond acceptors (Lipinski definition) is 4. The molecule has 1 unspecified atom stereocenters. The minimum atomic E-state index is -0.377. The first-order valence-corrected chi connectivity index (χ1v) is 8.55. The summed E-state index contributed by atoms with van der Waals surface area (Å²) >= 11 is 0. The van der Waals surface area contributed by atoms with E-state index in [1.54, 1.807) is 19.2 Å². The molecule has 2 saturated heterocycles. The highest BCUT2D eigenvalue weighted by Gasteiger charge is 2.38. The van der Waals surface area contributed by atoms with E-state index in [4.69, 9.17) is 18.9 Å². The summed E-state index contributed by atoms with van der Waals surface area (Å²) < 4.78 is 36.4. The number of rotatable bonds is 3. The maximum Gasteiger partial charge on any atom is 0.184 e. The van der Waals surface area contributed by atoms with Crippen LogP contribution in [0.15, 0.2) is 48.5 Å². The average molecular weight is 344 g/mol. The monoisotopic (exact) mass is 344 g/mol. The third-order valence-electron chi connectivity index (χ3n) is 4.81.